The highest BCUT2D eigenvalue weighted by molar-refractivity contribution is 6.42. The largest absolute Gasteiger partial charge is 0.495 e. The van der Waals surface area contributed by atoms with Gasteiger partial charge in [0.2, 0.25) is 5.91 Å². The molecule has 0 unspecified atom stereocenters. The highest BCUT2D eigenvalue weighted by Crippen LogP contribution is 2.27. The van der Waals surface area contributed by atoms with E-state index in [2.05, 4.69) is 10.6 Å². The molecule has 2 N–H and O–H groups in total. The summed E-state index contributed by atoms with van der Waals surface area (Å²) in [4.78, 5) is 26.2. The lowest BCUT2D eigenvalue weighted by Gasteiger charge is -2.14. The maximum absolute atomic E-state index is 12.5. The molecule has 2 aromatic rings. The topological polar surface area (TPSA) is 70.7 Å². The van der Waals surface area contributed by atoms with E-state index in [4.69, 9.17) is 27.9 Å². The second-order valence-electron chi connectivity index (χ2n) is 5.78. The van der Waals surface area contributed by atoms with Crippen LogP contribution in [-0.2, 0) is 4.79 Å². The second-order valence-corrected chi connectivity index (χ2v) is 6.60. The van der Waals surface area contributed by atoms with Gasteiger partial charge >= 0.3 is 0 Å². The number of hydrogen-bond acceptors (Lipinski definition) is 4. The van der Waals surface area contributed by atoms with Crippen LogP contribution in [0, 0.1) is 0 Å². The van der Waals surface area contributed by atoms with E-state index in [1.165, 1.54) is 7.11 Å². The molecule has 0 aromatic heterocycles. The molecule has 0 aliphatic carbocycles. The molecule has 6 nitrogen and oxygen atoms in total. The molecule has 2 aromatic carbocycles. The number of nitrogens with zero attached hydrogens (tertiary/aromatic N) is 1. The molecular formula is C18H19Cl2N3O3. The van der Waals surface area contributed by atoms with Crippen LogP contribution in [0.5, 0.6) is 5.75 Å². The number of hydrogen-bond donors (Lipinski definition) is 2. The lowest BCUT2D eigenvalue weighted by atomic mass is 10.1. The summed E-state index contributed by atoms with van der Waals surface area (Å²) >= 11 is 11.8. The third-order valence-electron chi connectivity index (χ3n) is 3.37. The Hall–Kier alpha value is -2.28. The van der Waals surface area contributed by atoms with Crippen LogP contribution >= 0.6 is 23.2 Å². The Balaban J connectivity index is 2.20. The summed E-state index contributed by atoms with van der Waals surface area (Å²) in [6.45, 7) is 0.211. The predicted molar refractivity (Wildman–Crippen MR) is 105 cm³/mol. The summed E-state index contributed by atoms with van der Waals surface area (Å²) in [5.41, 5.74) is 1.29. The Morgan fingerprint density at radius 3 is 2.38 bits per heavy atom. The molecule has 0 aliphatic rings. The summed E-state index contributed by atoms with van der Waals surface area (Å²) < 4.78 is 5.24. The monoisotopic (exact) mass is 395 g/mol. The van der Waals surface area contributed by atoms with Gasteiger partial charge in [0, 0.05) is 11.3 Å². The van der Waals surface area contributed by atoms with Crippen molar-refractivity contribution in [3.05, 3.63) is 52.0 Å². The number of carbonyl (C=O) groups excluding carboxylic acids is 2. The molecule has 0 aliphatic heterocycles. The quantitative estimate of drug-likeness (QED) is 0.780. The molecule has 0 bridgehead atoms. The zero-order valence-corrected chi connectivity index (χ0v) is 16.1. The molecule has 138 valence electrons. The number of nitrogens with one attached hydrogen (secondary N) is 2. The summed E-state index contributed by atoms with van der Waals surface area (Å²) in [7, 11) is 5.07. The first-order chi connectivity index (χ1) is 12.3. The average molecular weight is 396 g/mol. The fourth-order valence-electron chi connectivity index (χ4n) is 2.20. The second kappa shape index (κ2) is 8.89. The van der Waals surface area contributed by atoms with Crippen molar-refractivity contribution in [3.63, 3.8) is 0 Å². The molecule has 0 saturated carbocycles. The van der Waals surface area contributed by atoms with Gasteiger partial charge in [-0.1, -0.05) is 23.2 Å². The molecule has 0 saturated heterocycles. The molecular weight excluding hydrogens is 377 g/mol. The summed E-state index contributed by atoms with van der Waals surface area (Å²) in [5.74, 6) is -0.104. The van der Waals surface area contributed by atoms with E-state index < -0.39 is 0 Å². The number of carbonyl (C=O) groups is 2. The van der Waals surface area contributed by atoms with E-state index in [1.807, 2.05) is 0 Å². The van der Waals surface area contributed by atoms with Gasteiger partial charge in [0.1, 0.15) is 5.75 Å². The van der Waals surface area contributed by atoms with Gasteiger partial charge < -0.3 is 20.3 Å². The Bertz CT molecular complexity index is 825. The molecule has 0 spiro atoms. The number of halogens is 2. The van der Waals surface area contributed by atoms with Crippen LogP contribution in [0.1, 0.15) is 10.4 Å². The third kappa shape index (κ3) is 5.36. The van der Waals surface area contributed by atoms with Gasteiger partial charge in [0.05, 0.1) is 29.4 Å². The van der Waals surface area contributed by atoms with Crippen LogP contribution in [0.15, 0.2) is 36.4 Å². The Morgan fingerprint density at radius 1 is 1.04 bits per heavy atom. The minimum absolute atomic E-state index is 0.211. The van der Waals surface area contributed by atoms with E-state index in [1.54, 1.807) is 55.4 Å². The Labute approximate surface area is 162 Å². The number of amides is 2. The highest BCUT2D eigenvalue weighted by Gasteiger charge is 2.13. The average Bonchev–Trinajstić information content (AvgIpc) is 2.57. The molecule has 2 rings (SSSR count). The number of ether oxygens (including phenoxy) is 1. The summed E-state index contributed by atoms with van der Waals surface area (Å²) in [5, 5.41) is 6.22. The van der Waals surface area contributed by atoms with Crippen LogP contribution in [-0.4, -0.2) is 44.5 Å². The molecule has 0 heterocycles. The van der Waals surface area contributed by atoms with Crippen molar-refractivity contribution in [2.24, 2.45) is 0 Å². The van der Waals surface area contributed by atoms with E-state index >= 15 is 0 Å². The van der Waals surface area contributed by atoms with E-state index in [0.717, 1.165) is 0 Å². The lowest BCUT2D eigenvalue weighted by molar-refractivity contribution is -0.116. The van der Waals surface area contributed by atoms with Gasteiger partial charge in [-0.3, -0.25) is 9.59 Å². The number of rotatable bonds is 6. The van der Waals surface area contributed by atoms with Gasteiger partial charge in [0.15, 0.2) is 0 Å². The number of anilines is 2. The zero-order chi connectivity index (χ0) is 19.3. The van der Waals surface area contributed by atoms with Crippen LogP contribution in [0.4, 0.5) is 11.4 Å². The van der Waals surface area contributed by atoms with Crippen molar-refractivity contribution < 1.29 is 14.3 Å². The normalized spacial score (nSPS) is 10.5. The Kier molecular flexibility index (Phi) is 6.85. The SMILES string of the molecule is COc1ccc(C(=O)Nc2ccc(Cl)c(Cl)c2)cc1NC(=O)CN(C)C. The van der Waals surface area contributed by atoms with E-state index in [0.29, 0.717) is 32.7 Å². The van der Waals surface area contributed by atoms with E-state index in [-0.39, 0.29) is 18.4 Å². The lowest BCUT2D eigenvalue weighted by Crippen LogP contribution is -2.27. The standard InChI is InChI=1S/C18H19Cl2N3O3/c1-23(2)10-17(24)22-15-8-11(4-7-16(15)26-3)18(25)21-12-5-6-13(19)14(20)9-12/h4-9H,10H2,1-3H3,(H,21,25)(H,22,24). The number of benzene rings is 2. The maximum Gasteiger partial charge on any atom is 0.255 e. The fraction of sp³-hybridized carbons (Fsp3) is 0.222. The number of likely N-dealkylation sites (N-methyl/N-ethyl adjacent to an activating group) is 1. The molecule has 0 fully saturated rings. The van der Waals surface area contributed by atoms with Gasteiger partial charge in [-0.15, -0.1) is 0 Å². The highest BCUT2D eigenvalue weighted by atomic mass is 35.5. The molecule has 8 heteroatoms. The predicted octanol–water partition coefficient (Wildman–Crippen LogP) is 3.75. The fourth-order valence-corrected chi connectivity index (χ4v) is 2.50. The molecule has 0 radical (unpaired) electrons. The van der Waals surface area contributed by atoms with Crippen molar-refractivity contribution in [2.45, 2.75) is 0 Å². The van der Waals surface area contributed by atoms with E-state index in [9.17, 15) is 9.59 Å². The van der Waals surface area contributed by atoms with Crippen LogP contribution in [0.25, 0.3) is 0 Å². The zero-order valence-electron chi connectivity index (χ0n) is 14.6. The van der Waals surface area contributed by atoms with Gasteiger partial charge in [-0.25, -0.2) is 0 Å². The first-order valence-electron chi connectivity index (χ1n) is 7.69. The van der Waals surface area contributed by atoms with Crippen LogP contribution in [0.2, 0.25) is 10.0 Å². The number of methoxy groups -OCH3 is 1. The van der Waals surface area contributed by atoms with Crippen molar-refractivity contribution in [3.8, 4) is 5.75 Å². The van der Waals surface area contributed by atoms with Gasteiger partial charge in [-0.2, -0.15) is 0 Å². The first kappa shape index (κ1) is 20.0. The van der Waals surface area contributed by atoms with Crippen molar-refractivity contribution in [1.29, 1.82) is 0 Å². The van der Waals surface area contributed by atoms with Crippen LogP contribution in [0.3, 0.4) is 0 Å². The minimum atomic E-state index is -0.353. The smallest absolute Gasteiger partial charge is 0.255 e. The summed E-state index contributed by atoms with van der Waals surface area (Å²) in [6, 6.07) is 9.59. The van der Waals surface area contributed by atoms with Crippen LogP contribution < -0.4 is 15.4 Å². The van der Waals surface area contributed by atoms with Crippen molar-refractivity contribution >= 4 is 46.4 Å². The Morgan fingerprint density at radius 2 is 1.77 bits per heavy atom. The molecule has 26 heavy (non-hydrogen) atoms. The first-order valence-corrected chi connectivity index (χ1v) is 8.44. The van der Waals surface area contributed by atoms with Crippen molar-refractivity contribution in [1.82, 2.24) is 4.90 Å². The van der Waals surface area contributed by atoms with Gasteiger partial charge in [0.25, 0.3) is 5.91 Å². The summed E-state index contributed by atoms with van der Waals surface area (Å²) in [6.07, 6.45) is 0. The third-order valence-corrected chi connectivity index (χ3v) is 4.11. The maximum atomic E-state index is 12.5. The molecule has 2 amide bonds. The van der Waals surface area contributed by atoms with Gasteiger partial charge in [-0.05, 0) is 50.5 Å². The van der Waals surface area contributed by atoms with Crippen molar-refractivity contribution in [2.75, 3.05) is 38.4 Å². The molecule has 0 atom stereocenters. The minimum Gasteiger partial charge on any atom is -0.495 e.